The van der Waals surface area contributed by atoms with Gasteiger partial charge in [-0.1, -0.05) is 18.6 Å². The number of amides is 1. The van der Waals surface area contributed by atoms with Gasteiger partial charge in [0.15, 0.2) is 5.82 Å². The molecule has 2 aliphatic carbocycles. The van der Waals surface area contributed by atoms with Crippen molar-refractivity contribution in [2.45, 2.75) is 45.2 Å². The molecule has 2 saturated carbocycles. The second-order valence-electron chi connectivity index (χ2n) is 7.67. The van der Waals surface area contributed by atoms with Crippen LogP contribution >= 0.6 is 0 Å². The molecular formula is C19H21FN4O. The molecule has 6 heteroatoms. The first-order valence-electron chi connectivity index (χ1n) is 9.10. The van der Waals surface area contributed by atoms with Crippen LogP contribution in [0.25, 0.3) is 0 Å². The number of hydrogen-bond acceptors (Lipinski definition) is 3. The Morgan fingerprint density at radius 2 is 2.24 bits per heavy atom. The summed E-state index contributed by atoms with van der Waals surface area (Å²) in [6.07, 6.45) is 5.11. The van der Waals surface area contributed by atoms with Crippen LogP contribution in [-0.2, 0) is 24.3 Å². The maximum Gasteiger partial charge on any atom is 0.229 e. The predicted molar refractivity (Wildman–Crippen MR) is 89.0 cm³/mol. The van der Waals surface area contributed by atoms with E-state index >= 15 is 0 Å². The zero-order chi connectivity index (χ0) is 17.0. The minimum absolute atomic E-state index is 0.0351. The second kappa shape index (κ2) is 5.38. The van der Waals surface area contributed by atoms with E-state index in [9.17, 15) is 9.18 Å². The van der Waals surface area contributed by atoms with Crippen LogP contribution in [0, 0.1) is 17.2 Å². The van der Waals surface area contributed by atoms with E-state index in [0.717, 1.165) is 36.6 Å². The van der Waals surface area contributed by atoms with E-state index in [1.807, 2.05) is 11.0 Å². The van der Waals surface area contributed by atoms with Crippen LogP contribution in [-0.4, -0.2) is 32.1 Å². The van der Waals surface area contributed by atoms with Gasteiger partial charge in [0, 0.05) is 19.5 Å². The van der Waals surface area contributed by atoms with E-state index in [0.29, 0.717) is 31.3 Å². The molecule has 1 aliphatic heterocycles. The van der Waals surface area contributed by atoms with Crippen molar-refractivity contribution in [3.8, 4) is 0 Å². The zero-order valence-corrected chi connectivity index (χ0v) is 14.1. The Balaban J connectivity index is 1.33. The molecule has 3 aliphatic rings. The molecule has 2 fully saturated rings. The van der Waals surface area contributed by atoms with Crippen molar-refractivity contribution in [1.82, 2.24) is 19.7 Å². The zero-order valence-electron chi connectivity index (χ0n) is 14.1. The molecule has 25 heavy (non-hydrogen) atoms. The molecule has 1 amide bonds. The van der Waals surface area contributed by atoms with Crippen molar-refractivity contribution in [2.24, 2.45) is 11.3 Å². The topological polar surface area (TPSA) is 51.0 Å². The number of rotatable bonds is 3. The van der Waals surface area contributed by atoms with Gasteiger partial charge in [-0.2, -0.15) is 0 Å². The van der Waals surface area contributed by atoms with Gasteiger partial charge in [-0.15, -0.1) is 10.2 Å². The molecule has 0 spiro atoms. The number of aromatic nitrogens is 3. The molecule has 5 rings (SSSR count). The average molecular weight is 340 g/mol. The number of fused-ring (bicyclic) bond motifs is 2. The fourth-order valence-electron chi connectivity index (χ4n) is 4.76. The van der Waals surface area contributed by atoms with Crippen molar-refractivity contribution in [2.75, 3.05) is 6.54 Å². The molecule has 0 saturated heterocycles. The molecule has 2 aromatic rings. The summed E-state index contributed by atoms with van der Waals surface area (Å²) in [7, 11) is 0. The smallest absolute Gasteiger partial charge is 0.229 e. The van der Waals surface area contributed by atoms with Crippen LogP contribution in [0.3, 0.4) is 0 Å². The van der Waals surface area contributed by atoms with Crippen molar-refractivity contribution in [1.29, 1.82) is 0 Å². The number of hydrogen-bond donors (Lipinski definition) is 0. The van der Waals surface area contributed by atoms with Crippen LogP contribution in [0.1, 0.15) is 42.9 Å². The summed E-state index contributed by atoms with van der Waals surface area (Å²) in [5, 5.41) is 8.59. The first kappa shape index (κ1) is 15.0. The highest BCUT2D eigenvalue weighted by Gasteiger charge is 2.63. The van der Waals surface area contributed by atoms with Crippen LogP contribution in [0.5, 0.6) is 0 Å². The summed E-state index contributed by atoms with van der Waals surface area (Å²) in [5.74, 6) is 2.41. The number of halogens is 1. The van der Waals surface area contributed by atoms with Crippen molar-refractivity contribution in [3.63, 3.8) is 0 Å². The van der Waals surface area contributed by atoms with Gasteiger partial charge in [-0.05, 0) is 42.9 Å². The van der Waals surface area contributed by atoms with E-state index < -0.39 is 0 Å². The van der Waals surface area contributed by atoms with E-state index in [1.54, 1.807) is 6.07 Å². The average Bonchev–Trinajstić information content (AvgIpc) is 2.97. The third-order valence-electron chi connectivity index (χ3n) is 6.20. The van der Waals surface area contributed by atoms with Gasteiger partial charge in [-0.3, -0.25) is 4.79 Å². The van der Waals surface area contributed by atoms with E-state index in [1.165, 1.54) is 25.0 Å². The molecule has 0 unspecified atom stereocenters. The third kappa shape index (κ3) is 2.38. The minimum Gasteiger partial charge on any atom is -0.333 e. The van der Waals surface area contributed by atoms with Crippen LogP contribution in [0.15, 0.2) is 24.3 Å². The Hall–Kier alpha value is -2.24. The van der Waals surface area contributed by atoms with E-state index in [2.05, 4.69) is 14.8 Å². The Kier molecular flexibility index (Phi) is 3.24. The van der Waals surface area contributed by atoms with E-state index in [-0.39, 0.29) is 11.2 Å². The van der Waals surface area contributed by atoms with Crippen LogP contribution in [0.4, 0.5) is 4.39 Å². The van der Waals surface area contributed by atoms with Gasteiger partial charge in [0.1, 0.15) is 11.6 Å². The number of benzene rings is 1. The fourth-order valence-corrected chi connectivity index (χ4v) is 4.76. The Morgan fingerprint density at radius 3 is 3.00 bits per heavy atom. The summed E-state index contributed by atoms with van der Waals surface area (Å²) < 4.78 is 15.5. The fraction of sp³-hybridized carbons (Fsp3) is 0.526. The van der Waals surface area contributed by atoms with Gasteiger partial charge in [0.25, 0.3) is 0 Å². The van der Waals surface area contributed by atoms with Gasteiger partial charge in [0.05, 0.1) is 12.0 Å². The van der Waals surface area contributed by atoms with Crippen molar-refractivity contribution < 1.29 is 9.18 Å². The number of carbonyl (C=O) groups is 1. The summed E-state index contributed by atoms with van der Waals surface area (Å²) in [6, 6.07) is 6.59. The highest BCUT2D eigenvalue weighted by atomic mass is 19.1. The molecule has 1 aromatic heterocycles. The molecule has 0 radical (unpaired) electrons. The van der Waals surface area contributed by atoms with Crippen LogP contribution in [0.2, 0.25) is 0 Å². The van der Waals surface area contributed by atoms with Gasteiger partial charge < -0.3 is 9.47 Å². The van der Waals surface area contributed by atoms with Gasteiger partial charge in [-0.25, -0.2) is 4.39 Å². The highest BCUT2D eigenvalue weighted by Crippen LogP contribution is 2.64. The molecule has 5 nitrogen and oxygen atoms in total. The standard InChI is InChI=1S/C19H21FN4O/c20-15-5-1-3-13(9-15)10-16-21-22-17-12-23(7-8-24(16)17)18(25)19-6-2-4-14(19)11-19/h1,3,5,9,14H,2,4,6-8,10-12H2/t14-,19-/m1/s1. The summed E-state index contributed by atoms with van der Waals surface area (Å²) in [5.41, 5.74) is 0.853. The van der Waals surface area contributed by atoms with E-state index in [4.69, 9.17) is 0 Å². The number of nitrogens with zero attached hydrogens (tertiary/aromatic N) is 4. The Morgan fingerprint density at radius 1 is 1.32 bits per heavy atom. The molecule has 0 N–H and O–H groups in total. The maximum absolute atomic E-state index is 13.4. The predicted octanol–water partition coefficient (Wildman–Crippen LogP) is 2.54. The summed E-state index contributed by atoms with van der Waals surface area (Å²) in [6.45, 7) is 1.98. The lowest BCUT2D eigenvalue weighted by Gasteiger charge is -2.30. The molecular weight excluding hydrogens is 319 g/mol. The Bertz CT molecular complexity index is 848. The molecule has 2 heterocycles. The molecule has 130 valence electrons. The minimum atomic E-state index is -0.234. The van der Waals surface area contributed by atoms with Crippen molar-refractivity contribution in [3.05, 3.63) is 47.3 Å². The van der Waals surface area contributed by atoms with Gasteiger partial charge in [0.2, 0.25) is 5.91 Å². The summed E-state index contributed by atoms with van der Waals surface area (Å²) >= 11 is 0. The first-order chi connectivity index (χ1) is 12.2. The lowest BCUT2D eigenvalue weighted by Crippen LogP contribution is -2.42. The largest absolute Gasteiger partial charge is 0.333 e. The molecule has 2 atom stereocenters. The normalized spacial score (nSPS) is 27.1. The molecule has 0 bridgehead atoms. The Labute approximate surface area is 145 Å². The second-order valence-corrected chi connectivity index (χ2v) is 7.67. The molecule has 1 aromatic carbocycles. The highest BCUT2D eigenvalue weighted by molar-refractivity contribution is 5.86. The monoisotopic (exact) mass is 340 g/mol. The SMILES string of the molecule is O=C(N1CCn2c(Cc3cccc(F)c3)nnc2C1)[C@@]12CCC[C@@H]1C2. The quantitative estimate of drug-likeness (QED) is 0.863. The van der Waals surface area contributed by atoms with Crippen molar-refractivity contribution >= 4 is 5.91 Å². The maximum atomic E-state index is 13.4. The summed E-state index contributed by atoms with van der Waals surface area (Å²) in [4.78, 5) is 14.9. The lowest BCUT2D eigenvalue weighted by molar-refractivity contribution is -0.138. The van der Waals surface area contributed by atoms with Gasteiger partial charge >= 0.3 is 0 Å². The first-order valence-corrected chi connectivity index (χ1v) is 9.10. The third-order valence-corrected chi connectivity index (χ3v) is 6.20. The number of carbonyl (C=O) groups excluding carboxylic acids is 1. The van der Waals surface area contributed by atoms with Crippen LogP contribution < -0.4 is 0 Å². The lowest BCUT2D eigenvalue weighted by atomic mass is 10.0.